The van der Waals surface area contributed by atoms with E-state index in [1.54, 1.807) is 0 Å². The molecule has 0 aliphatic carbocycles. The number of halogens is 2. The van der Waals surface area contributed by atoms with Crippen molar-refractivity contribution in [2.24, 2.45) is 0 Å². The van der Waals surface area contributed by atoms with E-state index in [0.29, 0.717) is 0 Å². The summed E-state index contributed by atoms with van der Waals surface area (Å²) in [6.07, 6.45) is 1.05. The zero-order chi connectivity index (χ0) is 17.6. The minimum atomic E-state index is -0.0403. The maximum Gasteiger partial charge on any atom is 0.321 e. The Hall–Kier alpha value is -1.37. The number of nitrogens with one attached hydrogen (secondary N) is 1. The Labute approximate surface area is 165 Å². The van der Waals surface area contributed by atoms with Crippen molar-refractivity contribution in [3.05, 3.63) is 63.0 Å². The van der Waals surface area contributed by atoms with Gasteiger partial charge in [-0.15, -0.1) is 0 Å². The van der Waals surface area contributed by atoms with Gasteiger partial charge in [0.1, 0.15) is 0 Å². The van der Waals surface area contributed by atoms with Crippen molar-refractivity contribution in [2.75, 3.05) is 38.0 Å². The van der Waals surface area contributed by atoms with Gasteiger partial charge >= 0.3 is 6.03 Å². The number of carbonyl (C=O) groups is 1. The number of nitrogens with zero attached hydrogens (tertiary/aromatic N) is 2. The van der Waals surface area contributed by atoms with Gasteiger partial charge in [-0.25, -0.2) is 4.79 Å². The maximum atomic E-state index is 12.5. The molecule has 2 amide bonds. The third kappa shape index (κ3) is 5.30. The van der Waals surface area contributed by atoms with E-state index in [-0.39, 0.29) is 6.03 Å². The van der Waals surface area contributed by atoms with Gasteiger partial charge in [0.2, 0.25) is 0 Å². The lowest BCUT2D eigenvalue weighted by molar-refractivity contribution is 0.148. The van der Waals surface area contributed by atoms with Gasteiger partial charge in [-0.1, -0.05) is 46.3 Å². The highest BCUT2D eigenvalue weighted by atomic mass is 79.9. The predicted molar refractivity (Wildman–Crippen MR) is 109 cm³/mol. The number of carbonyl (C=O) groups excluding carboxylic acids is 1. The summed E-state index contributed by atoms with van der Waals surface area (Å²) in [5.41, 5.74) is 2.15. The number of hydrogen-bond acceptors (Lipinski definition) is 2. The van der Waals surface area contributed by atoms with Crippen LogP contribution >= 0.6 is 31.9 Å². The van der Waals surface area contributed by atoms with Crippen LogP contribution in [0.3, 0.4) is 0 Å². The number of benzene rings is 2. The first kappa shape index (κ1) is 18.4. The lowest BCUT2D eigenvalue weighted by atomic mass is 10.1. The number of piperazine rings is 1. The van der Waals surface area contributed by atoms with Crippen molar-refractivity contribution in [3.63, 3.8) is 0 Å². The molecule has 0 atom stereocenters. The van der Waals surface area contributed by atoms with E-state index in [4.69, 9.17) is 0 Å². The summed E-state index contributed by atoms with van der Waals surface area (Å²) in [6, 6.07) is 16.3. The van der Waals surface area contributed by atoms with Crippen LogP contribution < -0.4 is 5.32 Å². The molecule has 4 nitrogen and oxygen atoms in total. The molecule has 2 aromatic rings. The SMILES string of the molecule is O=C(Nc1cc(Br)ccc1Br)N1CCN(CCc2ccccc2)CC1. The monoisotopic (exact) mass is 465 g/mol. The van der Waals surface area contributed by atoms with E-state index in [0.717, 1.165) is 53.8 Å². The first-order valence-corrected chi connectivity index (χ1v) is 9.98. The van der Waals surface area contributed by atoms with Crippen LogP contribution in [-0.4, -0.2) is 48.6 Å². The fourth-order valence-corrected chi connectivity index (χ4v) is 3.60. The van der Waals surface area contributed by atoms with E-state index in [2.05, 4.69) is 66.3 Å². The molecule has 132 valence electrons. The Balaban J connectivity index is 1.47. The molecule has 1 aliphatic heterocycles. The van der Waals surface area contributed by atoms with Gasteiger partial charge in [-0.3, -0.25) is 4.90 Å². The Morgan fingerprint density at radius 1 is 1.00 bits per heavy atom. The van der Waals surface area contributed by atoms with Crippen molar-refractivity contribution in [1.82, 2.24) is 9.80 Å². The van der Waals surface area contributed by atoms with Crippen LogP contribution in [0.1, 0.15) is 5.56 Å². The standard InChI is InChI=1S/C19H21Br2N3O/c20-16-6-7-17(21)18(14-16)22-19(25)24-12-10-23(11-13-24)9-8-15-4-2-1-3-5-15/h1-7,14H,8-13H2,(H,22,25). The van der Waals surface area contributed by atoms with Crippen molar-refractivity contribution >= 4 is 43.6 Å². The van der Waals surface area contributed by atoms with Crippen LogP contribution in [-0.2, 0) is 6.42 Å². The van der Waals surface area contributed by atoms with Crippen molar-refractivity contribution in [2.45, 2.75) is 6.42 Å². The van der Waals surface area contributed by atoms with Crippen molar-refractivity contribution in [3.8, 4) is 0 Å². The third-order valence-corrected chi connectivity index (χ3v) is 5.57. The zero-order valence-corrected chi connectivity index (χ0v) is 17.1. The lowest BCUT2D eigenvalue weighted by Gasteiger charge is -2.34. The first-order valence-electron chi connectivity index (χ1n) is 8.39. The molecule has 25 heavy (non-hydrogen) atoms. The Morgan fingerprint density at radius 3 is 2.44 bits per heavy atom. The summed E-state index contributed by atoms with van der Waals surface area (Å²) in [5.74, 6) is 0. The molecule has 3 rings (SSSR count). The summed E-state index contributed by atoms with van der Waals surface area (Å²) < 4.78 is 1.82. The number of amides is 2. The summed E-state index contributed by atoms with van der Waals surface area (Å²) >= 11 is 6.91. The van der Waals surface area contributed by atoms with Gasteiger partial charge in [0.25, 0.3) is 0 Å². The molecular weight excluding hydrogens is 446 g/mol. The normalized spacial score (nSPS) is 15.2. The molecule has 0 spiro atoms. The summed E-state index contributed by atoms with van der Waals surface area (Å²) in [7, 11) is 0. The van der Waals surface area contributed by atoms with E-state index >= 15 is 0 Å². The van der Waals surface area contributed by atoms with Gasteiger partial charge in [-0.05, 0) is 46.1 Å². The molecule has 0 bridgehead atoms. The maximum absolute atomic E-state index is 12.5. The highest BCUT2D eigenvalue weighted by Crippen LogP contribution is 2.26. The van der Waals surface area contributed by atoms with Gasteiger partial charge < -0.3 is 10.2 Å². The molecule has 0 radical (unpaired) electrons. The molecule has 0 saturated carbocycles. The van der Waals surface area contributed by atoms with E-state index in [9.17, 15) is 4.79 Å². The van der Waals surface area contributed by atoms with Crippen molar-refractivity contribution < 1.29 is 4.79 Å². The van der Waals surface area contributed by atoms with Crippen LogP contribution in [0.15, 0.2) is 57.5 Å². The summed E-state index contributed by atoms with van der Waals surface area (Å²) in [4.78, 5) is 16.8. The van der Waals surface area contributed by atoms with Gasteiger partial charge in [0.05, 0.1) is 5.69 Å². The minimum absolute atomic E-state index is 0.0403. The van der Waals surface area contributed by atoms with E-state index < -0.39 is 0 Å². The molecular formula is C19H21Br2N3O. The molecule has 0 unspecified atom stereocenters. The molecule has 6 heteroatoms. The number of rotatable bonds is 4. The second-order valence-electron chi connectivity index (χ2n) is 6.12. The smallest absolute Gasteiger partial charge is 0.321 e. The molecule has 2 aromatic carbocycles. The van der Waals surface area contributed by atoms with E-state index in [1.807, 2.05) is 29.2 Å². The summed E-state index contributed by atoms with van der Waals surface area (Å²) in [5, 5.41) is 2.99. The van der Waals surface area contributed by atoms with Gasteiger partial charge in [0, 0.05) is 41.7 Å². The molecule has 1 N–H and O–H groups in total. The fourth-order valence-electron chi connectivity index (χ4n) is 2.89. The average molecular weight is 467 g/mol. The van der Waals surface area contributed by atoms with Crippen LogP contribution in [0.25, 0.3) is 0 Å². The van der Waals surface area contributed by atoms with Gasteiger partial charge in [-0.2, -0.15) is 0 Å². The molecule has 0 aromatic heterocycles. The second-order valence-corrected chi connectivity index (χ2v) is 7.89. The average Bonchev–Trinajstić information content (AvgIpc) is 2.64. The minimum Gasteiger partial charge on any atom is -0.322 e. The first-order chi connectivity index (χ1) is 12.1. The van der Waals surface area contributed by atoms with E-state index in [1.165, 1.54) is 5.56 Å². The second kappa shape index (κ2) is 8.83. The highest BCUT2D eigenvalue weighted by molar-refractivity contribution is 9.11. The predicted octanol–water partition coefficient (Wildman–Crippen LogP) is 4.60. The van der Waals surface area contributed by atoms with Crippen LogP contribution in [0, 0.1) is 0 Å². The fraction of sp³-hybridized carbons (Fsp3) is 0.316. The Kier molecular flexibility index (Phi) is 6.51. The van der Waals surface area contributed by atoms with Gasteiger partial charge in [0.15, 0.2) is 0 Å². The Morgan fingerprint density at radius 2 is 1.72 bits per heavy atom. The number of hydrogen-bond donors (Lipinski definition) is 1. The van der Waals surface area contributed by atoms with Crippen LogP contribution in [0.2, 0.25) is 0 Å². The zero-order valence-electron chi connectivity index (χ0n) is 13.9. The highest BCUT2D eigenvalue weighted by Gasteiger charge is 2.21. The number of urea groups is 1. The number of anilines is 1. The van der Waals surface area contributed by atoms with Crippen molar-refractivity contribution in [1.29, 1.82) is 0 Å². The summed E-state index contributed by atoms with van der Waals surface area (Å²) in [6.45, 7) is 4.38. The molecule has 1 saturated heterocycles. The Bertz CT molecular complexity index is 716. The van der Waals surface area contributed by atoms with Crippen LogP contribution in [0.4, 0.5) is 10.5 Å². The quantitative estimate of drug-likeness (QED) is 0.714. The third-order valence-electron chi connectivity index (χ3n) is 4.39. The largest absolute Gasteiger partial charge is 0.322 e. The molecule has 1 heterocycles. The van der Waals surface area contributed by atoms with Crippen LogP contribution in [0.5, 0.6) is 0 Å². The topological polar surface area (TPSA) is 35.6 Å². The lowest BCUT2D eigenvalue weighted by Crippen LogP contribution is -2.50. The molecule has 1 aliphatic rings. The molecule has 1 fully saturated rings.